The standard InChI is InChI=1S/C9H14N4O2S/c1-9(2,7(10)13-15)8(14)11-3-6-4-16-5-12-6/h4-5,15H,3H2,1-2H3,(H2,10,13)(H,11,14). The number of rotatable bonds is 4. The van der Waals surface area contributed by atoms with Gasteiger partial charge >= 0.3 is 0 Å². The minimum Gasteiger partial charge on any atom is -0.409 e. The maximum absolute atomic E-state index is 11.8. The van der Waals surface area contributed by atoms with Gasteiger partial charge < -0.3 is 16.3 Å². The Hall–Kier alpha value is -1.63. The van der Waals surface area contributed by atoms with Crippen LogP contribution in [-0.2, 0) is 11.3 Å². The van der Waals surface area contributed by atoms with Crippen LogP contribution in [0, 0.1) is 5.41 Å². The summed E-state index contributed by atoms with van der Waals surface area (Å²) in [5.74, 6) is -0.431. The van der Waals surface area contributed by atoms with E-state index in [1.165, 1.54) is 11.3 Å². The zero-order chi connectivity index (χ0) is 12.2. The lowest BCUT2D eigenvalue weighted by Crippen LogP contribution is -2.45. The fraction of sp³-hybridized carbons (Fsp3) is 0.444. The van der Waals surface area contributed by atoms with Crippen molar-refractivity contribution >= 4 is 23.1 Å². The van der Waals surface area contributed by atoms with Crippen LogP contribution < -0.4 is 11.1 Å². The van der Waals surface area contributed by atoms with Gasteiger partial charge in [0.25, 0.3) is 0 Å². The number of carbonyl (C=O) groups excluding carboxylic acids is 1. The van der Waals surface area contributed by atoms with Crippen molar-refractivity contribution in [3.8, 4) is 0 Å². The molecule has 1 aromatic heterocycles. The lowest BCUT2D eigenvalue weighted by molar-refractivity contribution is -0.126. The smallest absolute Gasteiger partial charge is 0.233 e. The Morgan fingerprint density at radius 1 is 1.75 bits per heavy atom. The molecule has 16 heavy (non-hydrogen) atoms. The molecule has 1 aromatic rings. The highest BCUT2D eigenvalue weighted by Crippen LogP contribution is 2.15. The second-order valence-corrected chi connectivity index (χ2v) is 4.49. The number of nitrogens with zero attached hydrogens (tertiary/aromatic N) is 2. The number of nitrogens with two attached hydrogens (primary N) is 1. The number of amidine groups is 1. The van der Waals surface area contributed by atoms with Crippen molar-refractivity contribution in [1.29, 1.82) is 0 Å². The van der Waals surface area contributed by atoms with Gasteiger partial charge in [-0.15, -0.1) is 11.3 Å². The van der Waals surface area contributed by atoms with Gasteiger partial charge in [-0.25, -0.2) is 4.98 Å². The molecule has 1 heterocycles. The number of oxime groups is 1. The fourth-order valence-electron chi connectivity index (χ4n) is 0.958. The molecule has 88 valence electrons. The topological polar surface area (TPSA) is 101 Å². The van der Waals surface area contributed by atoms with Crippen LogP contribution in [0.5, 0.6) is 0 Å². The monoisotopic (exact) mass is 242 g/mol. The van der Waals surface area contributed by atoms with Crippen molar-refractivity contribution in [2.45, 2.75) is 20.4 Å². The fourth-order valence-corrected chi connectivity index (χ4v) is 1.52. The third-order valence-electron chi connectivity index (χ3n) is 2.23. The number of amides is 1. The predicted octanol–water partition coefficient (Wildman–Crippen LogP) is 0.532. The summed E-state index contributed by atoms with van der Waals surface area (Å²) in [7, 11) is 0. The van der Waals surface area contributed by atoms with Gasteiger partial charge in [0.15, 0.2) is 5.84 Å². The predicted molar refractivity (Wildman–Crippen MR) is 61.2 cm³/mol. The highest BCUT2D eigenvalue weighted by Gasteiger charge is 2.32. The van der Waals surface area contributed by atoms with Gasteiger partial charge in [0.05, 0.1) is 17.7 Å². The molecule has 0 radical (unpaired) electrons. The molecule has 0 fully saturated rings. The van der Waals surface area contributed by atoms with Crippen LogP contribution in [0.1, 0.15) is 19.5 Å². The molecule has 0 aliphatic carbocycles. The molecule has 0 atom stereocenters. The summed E-state index contributed by atoms with van der Waals surface area (Å²) in [5, 5.41) is 15.9. The molecule has 0 saturated heterocycles. The molecule has 1 amide bonds. The largest absolute Gasteiger partial charge is 0.409 e. The van der Waals surface area contributed by atoms with E-state index in [4.69, 9.17) is 10.9 Å². The van der Waals surface area contributed by atoms with Crippen LogP contribution in [0.2, 0.25) is 0 Å². The highest BCUT2D eigenvalue weighted by atomic mass is 32.1. The Labute approximate surface area is 97.2 Å². The van der Waals surface area contributed by atoms with Crippen molar-refractivity contribution in [2.75, 3.05) is 0 Å². The van der Waals surface area contributed by atoms with Crippen LogP contribution >= 0.6 is 11.3 Å². The number of hydrogen-bond donors (Lipinski definition) is 3. The van der Waals surface area contributed by atoms with E-state index < -0.39 is 5.41 Å². The third kappa shape index (κ3) is 2.69. The minimum atomic E-state index is -1.04. The molecular weight excluding hydrogens is 228 g/mol. The van der Waals surface area contributed by atoms with Gasteiger partial charge in [-0.3, -0.25) is 4.79 Å². The average molecular weight is 242 g/mol. The number of carbonyl (C=O) groups is 1. The summed E-state index contributed by atoms with van der Waals surface area (Å²) >= 11 is 1.46. The maximum Gasteiger partial charge on any atom is 0.233 e. The van der Waals surface area contributed by atoms with E-state index in [0.717, 1.165) is 5.69 Å². The Morgan fingerprint density at radius 2 is 2.44 bits per heavy atom. The van der Waals surface area contributed by atoms with Crippen molar-refractivity contribution in [3.63, 3.8) is 0 Å². The Balaban J connectivity index is 2.59. The molecule has 0 spiro atoms. The minimum absolute atomic E-state index is 0.122. The first-order valence-electron chi connectivity index (χ1n) is 4.62. The zero-order valence-corrected chi connectivity index (χ0v) is 9.91. The average Bonchev–Trinajstić information content (AvgIpc) is 2.77. The van der Waals surface area contributed by atoms with Crippen LogP contribution in [0.4, 0.5) is 0 Å². The quantitative estimate of drug-likeness (QED) is 0.310. The van der Waals surface area contributed by atoms with E-state index in [-0.39, 0.29) is 11.7 Å². The summed E-state index contributed by atoms with van der Waals surface area (Å²) in [6.07, 6.45) is 0. The zero-order valence-electron chi connectivity index (χ0n) is 9.10. The van der Waals surface area contributed by atoms with E-state index >= 15 is 0 Å². The van der Waals surface area contributed by atoms with E-state index in [2.05, 4.69) is 15.5 Å². The van der Waals surface area contributed by atoms with E-state index in [1.807, 2.05) is 5.38 Å². The van der Waals surface area contributed by atoms with Gasteiger partial charge in [0, 0.05) is 5.38 Å². The van der Waals surface area contributed by atoms with E-state index in [1.54, 1.807) is 19.4 Å². The molecule has 0 aliphatic rings. The molecule has 0 unspecified atom stereocenters. The first-order chi connectivity index (χ1) is 7.48. The summed E-state index contributed by atoms with van der Waals surface area (Å²) in [6, 6.07) is 0. The molecule has 4 N–H and O–H groups in total. The first-order valence-corrected chi connectivity index (χ1v) is 5.56. The van der Waals surface area contributed by atoms with E-state index in [9.17, 15) is 4.79 Å². The SMILES string of the molecule is CC(C)(C(=O)NCc1cscn1)C(N)=NO. The Kier molecular flexibility index (Phi) is 3.83. The second-order valence-electron chi connectivity index (χ2n) is 3.77. The van der Waals surface area contributed by atoms with Gasteiger partial charge in [-0.2, -0.15) is 0 Å². The molecule has 0 aliphatic heterocycles. The maximum atomic E-state index is 11.8. The lowest BCUT2D eigenvalue weighted by atomic mass is 9.91. The van der Waals surface area contributed by atoms with Crippen LogP contribution in [0.3, 0.4) is 0 Å². The molecule has 0 bridgehead atoms. The van der Waals surface area contributed by atoms with E-state index in [0.29, 0.717) is 6.54 Å². The summed E-state index contributed by atoms with van der Waals surface area (Å²) in [6.45, 7) is 3.50. The summed E-state index contributed by atoms with van der Waals surface area (Å²) < 4.78 is 0. The van der Waals surface area contributed by atoms with Crippen LogP contribution in [0.25, 0.3) is 0 Å². The number of aromatic nitrogens is 1. The van der Waals surface area contributed by atoms with Gasteiger partial charge in [-0.1, -0.05) is 5.16 Å². The molecule has 6 nitrogen and oxygen atoms in total. The Bertz CT molecular complexity index is 386. The molecule has 7 heteroatoms. The third-order valence-corrected chi connectivity index (χ3v) is 2.86. The summed E-state index contributed by atoms with van der Waals surface area (Å²) in [4.78, 5) is 15.8. The number of nitrogens with one attached hydrogen (secondary N) is 1. The van der Waals surface area contributed by atoms with Crippen LogP contribution in [0.15, 0.2) is 16.0 Å². The van der Waals surface area contributed by atoms with Crippen LogP contribution in [-0.4, -0.2) is 21.9 Å². The Morgan fingerprint density at radius 3 is 2.94 bits per heavy atom. The van der Waals surface area contributed by atoms with Gasteiger partial charge in [0.2, 0.25) is 5.91 Å². The molecular formula is C9H14N4O2S. The van der Waals surface area contributed by atoms with Crippen molar-refractivity contribution in [2.24, 2.45) is 16.3 Å². The summed E-state index contributed by atoms with van der Waals surface area (Å²) in [5.41, 5.74) is 6.87. The first kappa shape index (κ1) is 12.4. The normalized spacial score (nSPS) is 12.5. The highest BCUT2D eigenvalue weighted by molar-refractivity contribution is 7.07. The molecule has 0 aromatic carbocycles. The number of thiazole rings is 1. The second kappa shape index (κ2) is 4.93. The van der Waals surface area contributed by atoms with Gasteiger partial charge in [0.1, 0.15) is 5.41 Å². The van der Waals surface area contributed by atoms with Crippen molar-refractivity contribution in [3.05, 3.63) is 16.6 Å². The molecule has 0 saturated carbocycles. The number of hydrogen-bond acceptors (Lipinski definition) is 5. The lowest BCUT2D eigenvalue weighted by Gasteiger charge is -2.21. The van der Waals surface area contributed by atoms with Crippen molar-refractivity contribution < 1.29 is 10.0 Å². The van der Waals surface area contributed by atoms with Crippen molar-refractivity contribution in [1.82, 2.24) is 10.3 Å². The molecule has 1 rings (SSSR count). The van der Waals surface area contributed by atoms with Gasteiger partial charge in [-0.05, 0) is 13.8 Å².